The minimum Gasteiger partial charge on any atom is -0.307 e. The van der Waals surface area contributed by atoms with Crippen molar-refractivity contribution in [3.63, 3.8) is 0 Å². The number of aryl methyl sites for hydroxylation is 1. The van der Waals surface area contributed by atoms with Crippen molar-refractivity contribution in [2.75, 3.05) is 7.05 Å². The predicted molar refractivity (Wildman–Crippen MR) is 105 cm³/mol. The van der Waals surface area contributed by atoms with Crippen LogP contribution < -0.4 is 5.56 Å². The van der Waals surface area contributed by atoms with Crippen molar-refractivity contribution >= 4 is 0 Å². The monoisotopic (exact) mass is 363 g/mol. The fraction of sp³-hybridized carbons (Fsp3) is 0.381. The fourth-order valence-electron chi connectivity index (χ4n) is 3.54. The van der Waals surface area contributed by atoms with Gasteiger partial charge in [0.15, 0.2) is 0 Å². The summed E-state index contributed by atoms with van der Waals surface area (Å²) in [5.41, 5.74) is 5.09. The van der Waals surface area contributed by atoms with E-state index >= 15 is 0 Å². The standard InChI is InChI=1S/C21H25N5O/c1-14-9-18(25-24-14)13-26(2)12-15-5-3-8-17(10-15)21-22-19(11-20(27)23-21)16-6-4-7-16/h3,5,8-11,16H,4,6-7,12-13H2,1-2H3,(H,24,25)(H,22,23,27). The molecule has 1 aliphatic carbocycles. The molecule has 6 nitrogen and oxygen atoms in total. The molecule has 1 fully saturated rings. The Labute approximate surface area is 158 Å². The van der Waals surface area contributed by atoms with Crippen LogP contribution >= 0.6 is 0 Å². The summed E-state index contributed by atoms with van der Waals surface area (Å²) in [4.78, 5) is 21.9. The van der Waals surface area contributed by atoms with Gasteiger partial charge in [-0.25, -0.2) is 4.98 Å². The fourth-order valence-corrected chi connectivity index (χ4v) is 3.54. The maximum Gasteiger partial charge on any atom is 0.251 e. The van der Waals surface area contributed by atoms with E-state index in [2.05, 4.69) is 45.3 Å². The molecule has 0 amide bonds. The number of nitrogens with one attached hydrogen (secondary N) is 2. The summed E-state index contributed by atoms with van der Waals surface area (Å²) >= 11 is 0. The van der Waals surface area contributed by atoms with Gasteiger partial charge in [-0.15, -0.1) is 0 Å². The van der Waals surface area contributed by atoms with Crippen LogP contribution in [0.5, 0.6) is 0 Å². The molecule has 27 heavy (non-hydrogen) atoms. The summed E-state index contributed by atoms with van der Waals surface area (Å²) < 4.78 is 0. The molecule has 4 rings (SSSR count). The van der Waals surface area contributed by atoms with Crippen LogP contribution in [-0.2, 0) is 13.1 Å². The normalized spacial score (nSPS) is 14.5. The average Bonchev–Trinajstić information content (AvgIpc) is 2.97. The Balaban J connectivity index is 1.52. The Morgan fingerprint density at radius 3 is 2.74 bits per heavy atom. The molecule has 0 aliphatic heterocycles. The molecular formula is C21H25N5O. The first-order valence-electron chi connectivity index (χ1n) is 9.47. The van der Waals surface area contributed by atoms with E-state index in [1.807, 2.05) is 19.1 Å². The van der Waals surface area contributed by atoms with Crippen molar-refractivity contribution in [2.24, 2.45) is 0 Å². The molecule has 2 aromatic heterocycles. The minimum atomic E-state index is -0.0710. The molecule has 1 aromatic carbocycles. The summed E-state index contributed by atoms with van der Waals surface area (Å²) in [6, 6.07) is 11.9. The molecule has 3 aromatic rings. The lowest BCUT2D eigenvalue weighted by Gasteiger charge is -2.24. The highest BCUT2D eigenvalue weighted by atomic mass is 16.1. The molecule has 0 unspecified atom stereocenters. The number of hydrogen-bond acceptors (Lipinski definition) is 4. The third kappa shape index (κ3) is 4.17. The van der Waals surface area contributed by atoms with E-state index < -0.39 is 0 Å². The highest BCUT2D eigenvalue weighted by Gasteiger charge is 2.22. The van der Waals surface area contributed by atoms with Crippen molar-refractivity contribution in [3.8, 4) is 11.4 Å². The van der Waals surface area contributed by atoms with Gasteiger partial charge in [0.05, 0.1) is 11.4 Å². The van der Waals surface area contributed by atoms with E-state index in [0.29, 0.717) is 11.7 Å². The first kappa shape index (κ1) is 17.7. The largest absolute Gasteiger partial charge is 0.307 e. The Kier molecular flexibility index (Phi) is 4.90. The summed E-state index contributed by atoms with van der Waals surface area (Å²) in [6.07, 6.45) is 3.49. The topological polar surface area (TPSA) is 77.7 Å². The Morgan fingerprint density at radius 1 is 1.19 bits per heavy atom. The van der Waals surface area contributed by atoms with Gasteiger partial charge < -0.3 is 4.98 Å². The third-order valence-electron chi connectivity index (χ3n) is 5.13. The lowest BCUT2D eigenvalue weighted by molar-refractivity contribution is 0.315. The van der Waals surface area contributed by atoms with E-state index in [9.17, 15) is 4.79 Å². The van der Waals surface area contributed by atoms with E-state index in [1.165, 1.54) is 12.0 Å². The van der Waals surface area contributed by atoms with Crippen LogP contribution in [0.3, 0.4) is 0 Å². The van der Waals surface area contributed by atoms with Crippen LogP contribution in [0.15, 0.2) is 41.2 Å². The Morgan fingerprint density at radius 2 is 2.04 bits per heavy atom. The van der Waals surface area contributed by atoms with Crippen molar-refractivity contribution in [3.05, 3.63) is 69.4 Å². The lowest BCUT2D eigenvalue weighted by atomic mass is 9.83. The molecule has 2 heterocycles. The molecule has 6 heteroatoms. The maximum absolute atomic E-state index is 12.1. The minimum absolute atomic E-state index is 0.0710. The number of aromatic nitrogens is 4. The molecular weight excluding hydrogens is 338 g/mol. The predicted octanol–water partition coefficient (Wildman–Crippen LogP) is 3.37. The molecule has 1 aliphatic rings. The van der Waals surface area contributed by atoms with Gasteiger partial charge in [0.1, 0.15) is 5.82 Å². The van der Waals surface area contributed by atoms with Gasteiger partial charge in [0.2, 0.25) is 0 Å². The first-order chi connectivity index (χ1) is 13.1. The second kappa shape index (κ2) is 7.48. The molecule has 2 N–H and O–H groups in total. The average molecular weight is 363 g/mol. The number of benzene rings is 1. The van der Waals surface area contributed by atoms with Gasteiger partial charge in [-0.2, -0.15) is 5.10 Å². The SMILES string of the molecule is Cc1cc(CN(C)Cc2cccc(-c3nc(C4CCC4)cc(=O)[nH]3)c2)n[nH]1. The van der Waals surface area contributed by atoms with E-state index in [-0.39, 0.29) is 5.56 Å². The van der Waals surface area contributed by atoms with E-state index in [4.69, 9.17) is 4.98 Å². The smallest absolute Gasteiger partial charge is 0.251 e. The van der Waals surface area contributed by atoms with Crippen LogP contribution in [-0.4, -0.2) is 32.1 Å². The van der Waals surface area contributed by atoms with Gasteiger partial charge >= 0.3 is 0 Å². The maximum atomic E-state index is 12.1. The van der Waals surface area contributed by atoms with Crippen molar-refractivity contribution in [1.29, 1.82) is 0 Å². The van der Waals surface area contributed by atoms with Crippen LogP contribution in [0.25, 0.3) is 11.4 Å². The number of aromatic amines is 2. The van der Waals surface area contributed by atoms with Gasteiger partial charge in [0.25, 0.3) is 5.56 Å². The van der Waals surface area contributed by atoms with Crippen LogP contribution in [0, 0.1) is 6.92 Å². The molecule has 0 bridgehead atoms. The zero-order valence-corrected chi connectivity index (χ0v) is 15.8. The van der Waals surface area contributed by atoms with Crippen LogP contribution in [0.2, 0.25) is 0 Å². The molecule has 140 valence electrons. The van der Waals surface area contributed by atoms with E-state index in [0.717, 1.165) is 48.6 Å². The molecule has 0 saturated heterocycles. The van der Waals surface area contributed by atoms with Gasteiger partial charge in [0, 0.05) is 36.3 Å². The first-order valence-corrected chi connectivity index (χ1v) is 9.47. The highest BCUT2D eigenvalue weighted by molar-refractivity contribution is 5.56. The number of H-pyrrole nitrogens is 2. The highest BCUT2D eigenvalue weighted by Crippen LogP contribution is 2.35. The summed E-state index contributed by atoms with van der Waals surface area (Å²) in [5, 5.41) is 7.27. The quantitative estimate of drug-likeness (QED) is 0.704. The summed E-state index contributed by atoms with van der Waals surface area (Å²) in [7, 11) is 2.08. The lowest BCUT2D eigenvalue weighted by Crippen LogP contribution is -2.18. The second-order valence-electron chi connectivity index (χ2n) is 7.56. The van der Waals surface area contributed by atoms with Crippen molar-refractivity contribution < 1.29 is 0 Å². The zero-order chi connectivity index (χ0) is 18.8. The zero-order valence-electron chi connectivity index (χ0n) is 15.8. The summed E-state index contributed by atoms with van der Waals surface area (Å²) in [5.74, 6) is 1.11. The van der Waals surface area contributed by atoms with Gasteiger partial charge in [-0.1, -0.05) is 24.6 Å². The van der Waals surface area contributed by atoms with Gasteiger partial charge in [-0.3, -0.25) is 14.8 Å². The molecule has 0 atom stereocenters. The molecule has 0 radical (unpaired) electrons. The van der Waals surface area contributed by atoms with Gasteiger partial charge in [-0.05, 0) is 44.5 Å². The number of nitrogens with zero attached hydrogens (tertiary/aromatic N) is 3. The van der Waals surface area contributed by atoms with Crippen LogP contribution in [0.4, 0.5) is 0 Å². The van der Waals surface area contributed by atoms with Crippen molar-refractivity contribution in [1.82, 2.24) is 25.1 Å². The summed E-state index contributed by atoms with van der Waals surface area (Å²) in [6.45, 7) is 3.58. The number of rotatable bonds is 6. The molecule has 0 spiro atoms. The number of hydrogen-bond donors (Lipinski definition) is 2. The molecule has 1 saturated carbocycles. The Bertz CT molecular complexity index is 986. The van der Waals surface area contributed by atoms with E-state index in [1.54, 1.807) is 6.07 Å². The Hall–Kier alpha value is -2.73. The third-order valence-corrected chi connectivity index (χ3v) is 5.13. The van der Waals surface area contributed by atoms with Crippen molar-refractivity contribution in [2.45, 2.75) is 45.2 Å². The second-order valence-corrected chi connectivity index (χ2v) is 7.56. The van der Waals surface area contributed by atoms with Crippen LogP contribution in [0.1, 0.15) is 47.8 Å².